The van der Waals surface area contributed by atoms with E-state index in [0.29, 0.717) is 52.2 Å². The van der Waals surface area contributed by atoms with Gasteiger partial charge in [0.15, 0.2) is 11.5 Å². The highest BCUT2D eigenvalue weighted by Crippen LogP contribution is 2.51. The van der Waals surface area contributed by atoms with E-state index in [1.807, 2.05) is 0 Å². The second-order valence-corrected chi connectivity index (χ2v) is 14.0. The Morgan fingerprint density at radius 3 is 2.52 bits per heavy atom. The number of aliphatic hydroxyl groups excluding tert-OH is 2. The SMILES string of the molecule is COc1cc(C=O)cc2c1O[C@@H]1[C@@H](O)[C@H](N(C(=O)CO[C@H]3C[C@@H](C)CC[C@@H]3C(C)C)C3CCCCCC3)C=C(C(=O)NCCO)[C@H]21. The number of nitrogens with zero attached hydrogens (tertiary/aromatic N) is 1. The molecule has 254 valence electrons. The van der Waals surface area contributed by atoms with Crippen LogP contribution in [0.15, 0.2) is 23.8 Å². The third kappa shape index (κ3) is 7.14. The van der Waals surface area contributed by atoms with Gasteiger partial charge in [0.1, 0.15) is 25.1 Å². The third-order valence-electron chi connectivity index (χ3n) is 10.6. The Morgan fingerprint density at radius 1 is 1.13 bits per heavy atom. The molecule has 0 aromatic heterocycles. The molecule has 2 saturated carbocycles. The number of methoxy groups -OCH3 is 1. The highest BCUT2D eigenvalue weighted by atomic mass is 16.5. The number of nitrogens with one attached hydrogen (secondary N) is 1. The van der Waals surface area contributed by atoms with E-state index < -0.39 is 30.1 Å². The number of aldehydes is 1. The summed E-state index contributed by atoms with van der Waals surface area (Å²) in [6.07, 6.45) is 9.22. The number of carbonyl (C=O) groups is 3. The molecule has 1 aromatic carbocycles. The normalized spacial score (nSPS) is 29.5. The third-order valence-corrected chi connectivity index (χ3v) is 10.6. The molecule has 0 spiro atoms. The Balaban J connectivity index is 1.52. The predicted molar refractivity (Wildman–Crippen MR) is 173 cm³/mol. The number of amides is 2. The number of ether oxygens (including phenoxy) is 3. The lowest BCUT2D eigenvalue weighted by atomic mass is 9.75. The summed E-state index contributed by atoms with van der Waals surface area (Å²) in [6.45, 7) is 6.38. The van der Waals surface area contributed by atoms with Crippen molar-refractivity contribution in [2.24, 2.45) is 17.8 Å². The number of fused-ring (bicyclic) bond motifs is 3. The summed E-state index contributed by atoms with van der Waals surface area (Å²) < 4.78 is 18.4. The van der Waals surface area contributed by atoms with Crippen molar-refractivity contribution in [3.63, 3.8) is 0 Å². The van der Waals surface area contributed by atoms with Crippen LogP contribution in [0.3, 0.4) is 0 Å². The fourth-order valence-corrected chi connectivity index (χ4v) is 8.24. The van der Waals surface area contributed by atoms with Crippen LogP contribution in [-0.2, 0) is 14.3 Å². The van der Waals surface area contributed by atoms with Crippen molar-refractivity contribution in [3.05, 3.63) is 34.9 Å². The lowest BCUT2D eigenvalue weighted by Crippen LogP contribution is -2.59. The maximum atomic E-state index is 14.4. The van der Waals surface area contributed by atoms with Crippen LogP contribution in [0.1, 0.15) is 100 Å². The van der Waals surface area contributed by atoms with Gasteiger partial charge in [-0.3, -0.25) is 14.4 Å². The number of rotatable bonds is 11. The molecular weight excluding hydrogens is 588 g/mol. The fourth-order valence-electron chi connectivity index (χ4n) is 8.24. The maximum Gasteiger partial charge on any atom is 0.249 e. The van der Waals surface area contributed by atoms with Crippen LogP contribution in [0.4, 0.5) is 0 Å². The molecule has 10 nitrogen and oxygen atoms in total. The molecule has 0 radical (unpaired) electrons. The van der Waals surface area contributed by atoms with Crippen LogP contribution in [0, 0.1) is 17.8 Å². The van der Waals surface area contributed by atoms with Crippen LogP contribution in [0.25, 0.3) is 0 Å². The summed E-state index contributed by atoms with van der Waals surface area (Å²) in [7, 11) is 1.48. The van der Waals surface area contributed by atoms with Crippen LogP contribution in [0.5, 0.6) is 11.5 Å². The van der Waals surface area contributed by atoms with Gasteiger partial charge in [-0.05, 0) is 61.6 Å². The quantitative estimate of drug-likeness (QED) is 0.243. The van der Waals surface area contributed by atoms with Crippen molar-refractivity contribution in [2.45, 2.75) is 115 Å². The summed E-state index contributed by atoms with van der Waals surface area (Å²) in [5, 5.41) is 24.3. The van der Waals surface area contributed by atoms with Crippen LogP contribution in [0.2, 0.25) is 0 Å². The van der Waals surface area contributed by atoms with E-state index in [1.165, 1.54) is 7.11 Å². The number of hydrogen-bond donors (Lipinski definition) is 3. The number of benzene rings is 1. The summed E-state index contributed by atoms with van der Waals surface area (Å²) in [4.78, 5) is 41.7. The van der Waals surface area contributed by atoms with Crippen LogP contribution >= 0.6 is 0 Å². The molecule has 5 rings (SSSR count). The largest absolute Gasteiger partial charge is 0.493 e. The topological polar surface area (TPSA) is 135 Å². The van der Waals surface area contributed by atoms with Gasteiger partial charge in [0.05, 0.1) is 31.8 Å². The first-order valence-corrected chi connectivity index (χ1v) is 17.2. The Hall–Kier alpha value is -2.95. The van der Waals surface area contributed by atoms with E-state index >= 15 is 0 Å². The zero-order chi connectivity index (χ0) is 33.0. The van der Waals surface area contributed by atoms with Crippen LogP contribution in [-0.4, -0.2) is 90.5 Å². The Kier molecular flexibility index (Phi) is 11.4. The van der Waals surface area contributed by atoms with Gasteiger partial charge in [0, 0.05) is 29.3 Å². The van der Waals surface area contributed by atoms with Crippen LogP contribution < -0.4 is 14.8 Å². The van der Waals surface area contributed by atoms with Crippen molar-refractivity contribution in [3.8, 4) is 11.5 Å². The predicted octanol–water partition coefficient (Wildman–Crippen LogP) is 4.16. The Labute approximate surface area is 272 Å². The van der Waals surface area contributed by atoms with Gasteiger partial charge < -0.3 is 34.6 Å². The summed E-state index contributed by atoms with van der Waals surface area (Å²) in [6, 6.07) is 2.26. The maximum absolute atomic E-state index is 14.4. The lowest BCUT2D eigenvalue weighted by Gasteiger charge is -2.44. The van der Waals surface area contributed by atoms with Gasteiger partial charge in [-0.15, -0.1) is 0 Å². The first-order valence-electron chi connectivity index (χ1n) is 17.2. The summed E-state index contributed by atoms with van der Waals surface area (Å²) >= 11 is 0. The molecule has 7 atom stereocenters. The molecular formula is C36H52N2O8. The number of aliphatic hydroxyl groups is 2. The van der Waals surface area contributed by atoms with E-state index in [4.69, 9.17) is 14.2 Å². The molecule has 46 heavy (non-hydrogen) atoms. The van der Waals surface area contributed by atoms with Gasteiger partial charge in [-0.25, -0.2) is 0 Å². The van der Waals surface area contributed by atoms with Gasteiger partial charge in [0.2, 0.25) is 11.8 Å². The standard InChI is InChI=1S/C36H52N2O8/c1-21(2)25-12-11-22(3)15-29(25)45-20-31(41)38(24-9-7-5-6-8-10-24)28-18-27(36(43)37-13-14-39)32-26-16-23(19-40)17-30(44-4)34(26)46-35(32)33(28)42/h16-19,21-22,24-25,28-29,32-33,35,39,42H,5-15,20H2,1-4H3,(H,37,43)/t22-,25+,28+,29-,32-,33-,35-/m0/s1. The molecule has 0 bridgehead atoms. The van der Waals surface area contributed by atoms with Crippen molar-refractivity contribution in [1.82, 2.24) is 10.2 Å². The van der Waals surface area contributed by atoms with Crippen molar-refractivity contribution in [2.75, 3.05) is 26.9 Å². The zero-order valence-electron chi connectivity index (χ0n) is 27.8. The second-order valence-electron chi connectivity index (χ2n) is 14.0. The Morgan fingerprint density at radius 2 is 1.87 bits per heavy atom. The minimum Gasteiger partial charge on any atom is -0.493 e. The molecule has 0 unspecified atom stereocenters. The molecule has 1 heterocycles. The highest BCUT2D eigenvalue weighted by molar-refractivity contribution is 5.96. The van der Waals surface area contributed by atoms with E-state index in [2.05, 4.69) is 26.1 Å². The molecule has 2 amide bonds. The molecule has 1 aliphatic heterocycles. The van der Waals surface area contributed by atoms with Crippen molar-refractivity contribution < 1.29 is 38.8 Å². The minimum absolute atomic E-state index is 0.00755. The minimum atomic E-state index is -1.17. The zero-order valence-corrected chi connectivity index (χ0v) is 27.8. The number of hydrogen-bond acceptors (Lipinski definition) is 8. The highest BCUT2D eigenvalue weighted by Gasteiger charge is 2.52. The molecule has 1 aromatic rings. The Bertz CT molecular complexity index is 1270. The van der Waals surface area contributed by atoms with Gasteiger partial charge in [-0.2, -0.15) is 0 Å². The van der Waals surface area contributed by atoms with E-state index in [-0.39, 0.29) is 37.8 Å². The average molecular weight is 641 g/mol. The lowest BCUT2D eigenvalue weighted by molar-refractivity contribution is -0.150. The second kappa shape index (κ2) is 15.3. The summed E-state index contributed by atoms with van der Waals surface area (Å²) in [5.41, 5.74) is 1.25. The van der Waals surface area contributed by atoms with Crippen molar-refractivity contribution >= 4 is 18.1 Å². The van der Waals surface area contributed by atoms with Gasteiger partial charge in [-0.1, -0.05) is 52.9 Å². The first kappa shape index (κ1) is 34.4. The molecule has 3 aliphatic carbocycles. The number of carbonyl (C=O) groups excluding carboxylic acids is 3. The smallest absolute Gasteiger partial charge is 0.249 e. The fraction of sp³-hybridized carbons (Fsp3) is 0.694. The molecule has 2 fully saturated rings. The van der Waals surface area contributed by atoms with Crippen molar-refractivity contribution in [1.29, 1.82) is 0 Å². The molecule has 10 heteroatoms. The van der Waals surface area contributed by atoms with E-state index in [0.717, 1.165) is 57.8 Å². The molecule has 0 saturated heterocycles. The molecule has 4 aliphatic rings. The van der Waals surface area contributed by atoms with Gasteiger partial charge in [0.25, 0.3) is 0 Å². The van der Waals surface area contributed by atoms with E-state index in [1.54, 1.807) is 23.1 Å². The average Bonchev–Trinajstić information content (AvgIpc) is 3.23. The molecule has 3 N–H and O–H groups in total. The van der Waals surface area contributed by atoms with E-state index in [9.17, 15) is 24.6 Å². The van der Waals surface area contributed by atoms with Gasteiger partial charge >= 0.3 is 0 Å². The first-order chi connectivity index (χ1) is 22.2. The monoisotopic (exact) mass is 640 g/mol. The summed E-state index contributed by atoms with van der Waals surface area (Å²) in [5.74, 6) is 0.742.